The van der Waals surface area contributed by atoms with Crippen LogP contribution in [0.3, 0.4) is 0 Å². The third-order valence-corrected chi connectivity index (χ3v) is 4.56. The molecular formula is C13H23N3OS. The Kier molecular flexibility index (Phi) is 4.33. The molecule has 0 aromatic carbocycles. The van der Waals surface area contributed by atoms with E-state index in [0.29, 0.717) is 17.1 Å². The molecule has 1 aliphatic carbocycles. The number of nitrogens with two attached hydrogens (primary N) is 1. The maximum Gasteiger partial charge on any atom is 0.246 e. The minimum atomic E-state index is -0.397. The largest absolute Gasteiger partial charge is 0.337 e. The van der Waals surface area contributed by atoms with Gasteiger partial charge >= 0.3 is 0 Å². The minimum absolute atomic E-state index is 0.397. The van der Waals surface area contributed by atoms with Gasteiger partial charge < -0.3 is 10.3 Å². The summed E-state index contributed by atoms with van der Waals surface area (Å²) in [6, 6.07) is 0. The topological polar surface area (TPSA) is 64.9 Å². The van der Waals surface area contributed by atoms with Crippen LogP contribution in [0.25, 0.3) is 0 Å². The monoisotopic (exact) mass is 269 g/mol. The van der Waals surface area contributed by atoms with Gasteiger partial charge in [0.2, 0.25) is 5.89 Å². The maximum atomic E-state index is 6.44. The molecule has 0 radical (unpaired) electrons. The van der Waals surface area contributed by atoms with Crippen molar-refractivity contribution >= 4 is 11.8 Å². The zero-order chi connectivity index (χ0) is 13.2. The first kappa shape index (κ1) is 13.9. The fourth-order valence-electron chi connectivity index (χ4n) is 2.54. The van der Waals surface area contributed by atoms with Crippen molar-refractivity contribution in [2.75, 3.05) is 0 Å². The standard InChI is InChI=1S/C13H23N3OS/c1-9(2)18-8-11-15-12(17-16-11)13(14)6-4-5-10(3)7-13/h9-10H,4-8,14H2,1-3H3. The average Bonchev–Trinajstić information content (AvgIpc) is 2.75. The molecule has 2 rings (SSSR count). The van der Waals surface area contributed by atoms with E-state index < -0.39 is 5.54 Å². The summed E-state index contributed by atoms with van der Waals surface area (Å²) in [7, 11) is 0. The van der Waals surface area contributed by atoms with Crippen LogP contribution in [0.15, 0.2) is 4.52 Å². The summed E-state index contributed by atoms with van der Waals surface area (Å²) < 4.78 is 5.39. The molecule has 1 aromatic rings. The number of hydrogen-bond donors (Lipinski definition) is 1. The van der Waals surface area contributed by atoms with E-state index in [-0.39, 0.29) is 0 Å². The predicted octanol–water partition coefficient (Wildman–Crippen LogP) is 3.08. The second kappa shape index (κ2) is 5.61. The Hall–Kier alpha value is -0.550. The second-order valence-electron chi connectivity index (χ2n) is 5.73. The highest BCUT2D eigenvalue weighted by atomic mass is 32.2. The number of aromatic nitrogens is 2. The molecule has 0 amide bonds. The maximum absolute atomic E-state index is 6.44. The summed E-state index contributed by atoms with van der Waals surface area (Å²) in [6.45, 7) is 6.57. The number of nitrogens with zero attached hydrogens (tertiary/aromatic N) is 2. The zero-order valence-corrected chi connectivity index (χ0v) is 12.3. The van der Waals surface area contributed by atoms with Crippen LogP contribution in [0.4, 0.5) is 0 Å². The highest BCUT2D eigenvalue weighted by Gasteiger charge is 2.37. The number of thioether (sulfide) groups is 1. The highest BCUT2D eigenvalue weighted by Crippen LogP contribution is 2.37. The molecule has 0 aliphatic heterocycles. The Labute approximate surface area is 113 Å². The molecule has 1 aromatic heterocycles. The SMILES string of the molecule is CC1CCCC(N)(c2nc(CSC(C)C)no2)C1. The Morgan fingerprint density at radius 1 is 1.56 bits per heavy atom. The summed E-state index contributed by atoms with van der Waals surface area (Å²) in [4.78, 5) is 4.49. The van der Waals surface area contributed by atoms with Crippen molar-refractivity contribution in [1.29, 1.82) is 0 Å². The van der Waals surface area contributed by atoms with E-state index in [4.69, 9.17) is 10.3 Å². The molecule has 0 spiro atoms. The Bertz CT molecular complexity index is 393. The smallest absolute Gasteiger partial charge is 0.246 e. The molecule has 1 fully saturated rings. The third kappa shape index (κ3) is 3.26. The first-order valence-electron chi connectivity index (χ1n) is 6.73. The molecule has 1 aliphatic rings. The molecule has 0 bridgehead atoms. The van der Waals surface area contributed by atoms with E-state index in [9.17, 15) is 0 Å². The van der Waals surface area contributed by atoms with E-state index in [0.717, 1.165) is 30.8 Å². The van der Waals surface area contributed by atoms with Crippen molar-refractivity contribution in [2.45, 2.75) is 63.0 Å². The van der Waals surface area contributed by atoms with Crippen molar-refractivity contribution in [2.24, 2.45) is 11.7 Å². The lowest BCUT2D eigenvalue weighted by atomic mass is 9.77. The van der Waals surface area contributed by atoms with Crippen LogP contribution in [0.5, 0.6) is 0 Å². The van der Waals surface area contributed by atoms with Gasteiger partial charge in [-0.25, -0.2) is 0 Å². The van der Waals surface area contributed by atoms with E-state index >= 15 is 0 Å². The Morgan fingerprint density at radius 3 is 3.00 bits per heavy atom. The predicted molar refractivity (Wildman–Crippen MR) is 74.2 cm³/mol. The molecule has 18 heavy (non-hydrogen) atoms. The molecule has 2 unspecified atom stereocenters. The molecule has 1 heterocycles. The van der Waals surface area contributed by atoms with Gasteiger partial charge in [0, 0.05) is 0 Å². The Balaban J connectivity index is 2.04. The van der Waals surface area contributed by atoms with Crippen molar-refractivity contribution in [3.05, 3.63) is 11.7 Å². The van der Waals surface area contributed by atoms with Gasteiger partial charge in [-0.2, -0.15) is 16.7 Å². The summed E-state index contributed by atoms with van der Waals surface area (Å²) in [5.41, 5.74) is 6.04. The van der Waals surface area contributed by atoms with Gasteiger partial charge in [0.1, 0.15) is 0 Å². The van der Waals surface area contributed by atoms with Gasteiger partial charge in [0.05, 0.1) is 11.3 Å². The van der Waals surface area contributed by atoms with E-state index in [1.165, 1.54) is 6.42 Å². The van der Waals surface area contributed by atoms with Crippen molar-refractivity contribution < 1.29 is 4.52 Å². The van der Waals surface area contributed by atoms with Crippen molar-refractivity contribution in [1.82, 2.24) is 10.1 Å². The van der Waals surface area contributed by atoms with Crippen LogP contribution >= 0.6 is 11.8 Å². The first-order valence-corrected chi connectivity index (χ1v) is 7.78. The van der Waals surface area contributed by atoms with Crippen LogP contribution < -0.4 is 5.73 Å². The van der Waals surface area contributed by atoms with Crippen LogP contribution in [0.2, 0.25) is 0 Å². The molecular weight excluding hydrogens is 246 g/mol. The van der Waals surface area contributed by atoms with Gasteiger partial charge in [0.25, 0.3) is 0 Å². The van der Waals surface area contributed by atoms with Crippen molar-refractivity contribution in [3.63, 3.8) is 0 Å². The molecule has 102 valence electrons. The fraction of sp³-hybridized carbons (Fsp3) is 0.846. The molecule has 4 nitrogen and oxygen atoms in total. The van der Waals surface area contributed by atoms with Gasteiger partial charge in [-0.15, -0.1) is 0 Å². The molecule has 2 N–H and O–H groups in total. The summed E-state index contributed by atoms with van der Waals surface area (Å²) in [5.74, 6) is 2.84. The molecule has 2 atom stereocenters. The van der Waals surface area contributed by atoms with Crippen LogP contribution in [0.1, 0.15) is 58.2 Å². The summed E-state index contributed by atoms with van der Waals surface area (Å²) in [5, 5.41) is 4.62. The van der Waals surface area contributed by atoms with Crippen LogP contribution in [-0.4, -0.2) is 15.4 Å². The lowest BCUT2D eigenvalue weighted by Crippen LogP contribution is -2.41. The molecule has 5 heteroatoms. The molecule has 1 saturated carbocycles. The third-order valence-electron chi connectivity index (χ3n) is 3.47. The number of rotatable bonds is 4. The highest BCUT2D eigenvalue weighted by molar-refractivity contribution is 7.99. The van der Waals surface area contributed by atoms with Gasteiger partial charge in [0.15, 0.2) is 5.82 Å². The average molecular weight is 269 g/mol. The van der Waals surface area contributed by atoms with Crippen molar-refractivity contribution in [3.8, 4) is 0 Å². The van der Waals surface area contributed by atoms with Gasteiger partial charge in [-0.05, 0) is 24.0 Å². The van der Waals surface area contributed by atoms with E-state index in [2.05, 4.69) is 30.9 Å². The summed E-state index contributed by atoms with van der Waals surface area (Å²) >= 11 is 1.82. The molecule has 0 saturated heterocycles. The first-order chi connectivity index (χ1) is 8.49. The Morgan fingerprint density at radius 2 is 2.33 bits per heavy atom. The summed E-state index contributed by atoms with van der Waals surface area (Å²) in [6.07, 6.45) is 4.31. The fourth-order valence-corrected chi connectivity index (χ4v) is 3.14. The van der Waals surface area contributed by atoms with Gasteiger partial charge in [-0.3, -0.25) is 0 Å². The quantitative estimate of drug-likeness (QED) is 0.910. The normalized spacial score (nSPS) is 28.8. The number of hydrogen-bond acceptors (Lipinski definition) is 5. The second-order valence-corrected chi connectivity index (χ2v) is 7.30. The van der Waals surface area contributed by atoms with Gasteiger partial charge in [-0.1, -0.05) is 38.8 Å². The van der Waals surface area contributed by atoms with Crippen LogP contribution in [0, 0.1) is 5.92 Å². The minimum Gasteiger partial charge on any atom is -0.337 e. The van der Waals surface area contributed by atoms with E-state index in [1.807, 2.05) is 11.8 Å². The van der Waals surface area contributed by atoms with E-state index in [1.54, 1.807) is 0 Å². The zero-order valence-electron chi connectivity index (χ0n) is 11.5. The lowest BCUT2D eigenvalue weighted by Gasteiger charge is -2.33. The van der Waals surface area contributed by atoms with Crippen LogP contribution in [-0.2, 0) is 11.3 Å². The lowest BCUT2D eigenvalue weighted by molar-refractivity contribution is 0.183.